The van der Waals surface area contributed by atoms with Gasteiger partial charge in [0.25, 0.3) is 0 Å². The number of carbonyl (C=O) groups excluding carboxylic acids is 1. The third-order valence-corrected chi connectivity index (χ3v) is 6.96. The quantitative estimate of drug-likeness (QED) is 0.447. The lowest BCUT2D eigenvalue weighted by molar-refractivity contribution is -0.163. The smallest absolute Gasteiger partial charge is 0.326 e. The molecule has 0 aromatic heterocycles. The van der Waals surface area contributed by atoms with Crippen molar-refractivity contribution in [3.05, 3.63) is 0 Å². The summed E-state index contributed by atoms with van der Waals surface area (Å²) in [6.07, 6.45) is -0.475. The lowest BCUT2D eigenvalue weighted by Crippen LogP contribution is -2.61. The Morgan fingerprint density at radius 2 is 1.23 bits per heavy atom. The van der Waals surface area contributed by atoms with Crippen LogP contribution >= 0.6 is 0 Å². The van der Waals surface area contributed by atoms with Crippen molar-refractivity contribution >= 4 is 39.2 Å². The van der Waals surface area contributed by atoms with E-state index in [1.807, 2.05) is 26.6 Å². The summed E-state index contributed by atoms with van der Waals surface area (Å²) in [6.45, 7) is 27.2. The van der Waals surface area contributed by atoms with Crippen molar-refractivity contribution in [3.63, 3.8) is 0 Å². The lowest BCUT2D eigenvalue weighted by Gasteiger charge is -2.43. The summed E-state index contributed by atoms with van der Waals surface area (Å²) < 4.78 is 24.9. The van der Waals surface area contributed by atoms with Gasteiger partial charge in [-0.15, -0.1) is 0 Å². The Bertz CT molecular complexity index is 472. The molecule has 0 rings (SSSR count). The van der Waals surface area contributed by atoms with Crippen LogP contribution in [-0.2, 0) is 22.5 Å². The summed E-state index contributed by atoms with van der Waals surface area (Å²) in [6, 6.07) is 0. The summed E-state index contributed by atoms with van der Waals surface area (Å²) in [5.74, 6) is -0.318. The van der Waals surface area contributed by atoms with E-state index in [-0.39, 0.29) is 5.97 Å². The van der Waals surface area contributed by atoms with Crippen LogP contribution in [0.2, 0.25) is 78.6 Å². The van der Waals surface area contributed by atoms with Crippen molar-refractivity contribution < 1.29 is 22.5 Å². The largest absolute Gasteiger partial charge is 0.518 e. The van der Waals surface area contributed by atoms with Gasteiger partial charge in [-0.25, -0.2) is 0 Å². The van der Waals surface area contributed by atoms with Gasteiger partial charge in [-0.2, -0.15) is 0 Å². The molecule has 0 saturated carbocycles. The summed E-state index contributed by atoms with van der Waals surface area (Å²) in [4.78, 5) is 13.2. The number of rotatable bonds is 10. The zero-order chi connectivity index (χ0) is 21.2. The van der Waals surface area contributed by atoms with Crippen molar-refractivity contribution in [2.24, 2.45) is 0 Å². The minimum Gasteiger partial charge on any atom is -0.518 e. The molecule has 156 valence electrons. The molecule has 2 atom stereocenters. The molecule has 0 aliphatic rings. The maximum atomic E-state index is 13.2. The van der Waals surface area contributed by atoms with Gasteiger partial charge in [0, 0.05) is 0 Å². The van der Waals surface area contributed by atoms with Crippen molar-refractivity contribution in [3.8, 4) is 0 Å². The standard InChI is InChI=1S/C17H42O5Si4/c1-17(22-26(11,12)13,16(18)21-25(8,9)10)15(20-24(5,6)7)14-19-23(2,3)4/h15H,14H2,1-13H3/t15-,17+/m1/s1. The fourth-order valence-electron chi connectivity index (χ4n) is 2.31. The molecule has 0 aliphatic carbocycles. The molecule has 0 heterocycles. The summed E-state index contributed by atoms with van der Waals surface area (Å²) in [5, 5.41) is 0. The predicted octanol–water partition coefficient (Wildman–Crippen LogP) is 5.05. The van der Waals surface area contributed by atoms with Crippen molar-refractivity contribution in [1.82, 2.24) is 0 Å². The molecule has 0 aliphatic heterocycles. The molecule has 0 bridgehead atoms. The van der Waals surface area contributed by atoms with Crippen LogP contribution in [0.4, 0.5) is 0 Å². The molecule has 9 heteroatoms. The highest BCUT2D eigenvalue weighted by Gasteiger charge is 2.50. The van der Waals surface area contributed by atoms with Gasteiger partial charge in [0.1, 0.15) is 6.10 Å². The maximum Gasteiger partial charge on any atom is 0.326 e. The number of hydrogen-bond acceptors (Lipinski definition) is 5. The van der Waals surface area contributed by atoms with Gasteiger partial charge in [-0.1, -0.05) is 0 Å². The molecule has 0 aromatic rings. The van der Waals surface area contributed by atoms with Gasteiger partial charge in [0.15, 0.2) is 30.6 Å². The molecule has 0 aromatic carbocycles. The molecular formula is C17H42O5Si4. The second-order valence-electron chi connectivity index (χ2n) is 11.0. The van der Waals surface area contributed by atoms with Gasteiger partial charge >= 0.3 is 5.97 Å². The predicted molar refractivity (Wildman–Crippen MR) is 120 cm³/mol. The van der Waals surface area contributed by atoms with Crippen LogP contribution < -0.4 is 0 Å². The second kappa shape index (κ2) is 8.71. The van der Waals surface area contributed by atoms with E-state index in [0.29, 0.717) is 6.61 Å². The van der Waals surface area contributed by atoms with Crippen LogP contribution in [0.15, 0.2) is 0 Å². The Hall–Kier alpha value is 0.218. The minimum atomic E-state index is -2.06. The first-order valence-electron chi connectivity index (χ1n) is 9.40. The minimum absolute atomic E-state index is 0.318. The molecule has 5 nitrogen and oxygen atoms in total. The third-order valence-electron chi connectivity index (χ3n) is 3.10. The molecule has 0 radical (unpaired) electrons. The molecule has 0 amide bonds. The molecular weight excluding hydrogens is 397 g/mol. The van der Waals surface area contributed by atoms with E-state index >= 15 is 0 Å². The first-order valence-corrected chi connectivity index (χ1v) is 23.0. The van der Waals surface area contributed by atoms with Crippen LogP contribution in [0.3, 0.4) is 0 Å². The molecule has 0 saturated heterocycles. The van der Waals surface area contributed by atoms with Gasteiger partial charge < -0.3 is 17.7 Å². The van der Waals surface area contributed by atoms with Crippen LogP contribution in [-0.4, -0.2) is 57.6 Å². The number of hydrogen-bond donors (Lipinski definition) is 0. The van der Waals surface area contributed by atoms with E-state index in [9.17, 15) is 4.79 Å². The highest BCUT2D eigenvalue weighted by molar-refractivity contribution is 6.72. The zero-order valence-corrected chi connectivity index (χ0v) is 23.3. The Morgan fingerprint density at radius 3 is 1.54 bits per heavy atom. The van der Waals surface area contributed by atoms with Crippen LogP contribution in [0.25, 0.3) is 0 Å². The van der Waals surface area contributed by atoms with E-state index in [4.69, 9.17) is 17.7 Å². The van der Waals surface area contributed by atoms with E-state index in [2.05, 4.69) is 58.9 Å². The fourth-order valence-corrected chi connectivity index (χ4v) is 6.36. The van der Waals surface area contributed by atoms with E-state index in [1.54, 1.807) is 0 Å². The molecule has 0 unspecified atom stereocenters. The monoisotopic (exact) mass is 438 g/mol. The average molecular weight is 439 g/mol. The fraction of sp³-hybridized carbons (Fsp3) is 0.941. The average Bonchev–Trinajstić information content (AvgIpc) is 2.27. The number of carbonyl (C=O) groups is 1. The first-order chi connectivity index (χ1) is 11.1. The van der Waals surface area contributed by atoms with Crippen molar-refractivity contribution in [2.45, 2.75) is 97.2 Å². The van der Waals surface area contributed by atoms with E-state index in [1.165, 1.54) is 0 Å². The molecule has 0 fully saturated rings. The third kappa shape index (κ3) is 11.1. The Kier molecular flexibility index (Phi) is 8.78. The van der Waals surface area contributed by atoms with Gasteiger partial charge in [-0.05, 0) is 85.5 Å². The SMILES string of the molecule is C[C@@](O[Si](C)(C)C)(C(=O)O[Si](C)(C)C)[C@@H](CO[Si](C)(C)C)O[Si](C)(C)C. The van der Waals surface area contributed by atoms with Crippen LogP contribution in [0, 0.1) is 0 Å². The highest BCUT2D eigenvalue weighted by Crippen LogP contribution is 2.30. The van der Waals surface area contributed by atoms with Crippen molar-refractivity contribution in [1.29, 1.82) is 0 Å². The molecule has 26 heavy (non-hydrogen) atoms. The normalized spacial score (nSPS) is 17.6. The summed E-state index contributed by atoms with van der Waals surface area (Å²) in [7, 11) is -7.80. The van der Waals surface area contributed by atoms with Crippen LogP contribution in [0.5, 0.6) is 0 Å². The van der Waals surface area contributed by atoms with Crippen molar-refractivity contribution in [2.75, 3.05) is 6.61 Å². The summed E-state index contributed by atoms with van der Waals surface area (Å²) in [5.41, 5.74) is -1.16. The highest BCUT2D eigenvalue weighted by atomic mass is 28.4. The first kappa shape index (κ1) is 26.2. The second-order valence-corrected chi connectivity index (χ2v) is 28.8. The Balaban J connectivity index is 5.93. The van der Waals surface area contributed by atoms with Crippen LogP contribution in [0.1, 0.15) is 6.92 Å². The topological polar surface area (TPSA) is 54.0 Å². The Morgan fingerprint density at radius 1 is 0.769 bits per heavy atom. The summed E-state index contributed by atoms with van der Waals surface area (Å²) >= 11 is 0. The Labute approximate surface area is 165 Å². The molecule has 0 spiro atoms. The van der Waals surface area contributed by atoms with Gasteiger partial charge in [0.05, 0.1) is 6.61 Å². The van der Waals surface area contributed by atoms with Gasteiger partial charge in [-0.3, -0.25) is 4.79 Å². The van der Waals surface area contributed by atoms with E-state index < -0.39 is 45.0 Å². The van der Waals surface area contributed by atoms with Gasteiger partial charge in [0.2, 0.25) is 8.32 Å². The zero-order valence-electron chi connectivity index (χ0n) is 19.3. The maximum absolute atomic E-state index is 13.2. The molecule has 0 N–H and O–H groups in total. The lowest BCUT2D eigenvalue weighted by atomic mass is 10.0. The van der Waals surface area contributed by atoms with E-state index in [0.717, 1.165) is 0 Å².